The van der Waals surface area contributed by atoms with Crippen molar-refractivity contribution in [3.05, 3.63) is 0 Å². The van der Waals surface area contributed by atoms with Gasteiger partial charge < -0.3 is 64.2 Å². The van der Waals surface area contributed by atoms with E-state index in [1.165, 1.54) is 128 Å². The molecule has 15 nitrogen and oxygen atoms in total. The van der Waals surface area contributed by atoms with Crippen molar-refractivity contribution < 1.29 is 73.8 Å². The van der Waals surface area contributed by atoms with Crippen LogP contribution in [0.5, 0.6) is 0 Å². The number of aliphatic hydroxyl groups excluding tert-OH is 7. The predicted octanol–water partition coefficient (Wildman–Crippen LogP) is 6.82. The molecule has 2 saturated heterocycles. The van der Waals surface area contributed by atoms with Crippen LogP contribution in [0.1, 0.15) is 206 Å². The first-order chi connectivity index (χ1) is 31.0. The van der Waals surface area contributed by atoms with Gasteiger partial charge in [0.05, 0.1) is 19.8 Å². The molecule has 2 aliphatic rings. The van der Waals surface area contributed by atoms with Crippen molar-refractivity contribution in [3.8, 4) is 0 Å². The normalized spacial score (nSPS) is 26.5. The van der Waals surface area contributed by atoms with E-state index < -0.39 is 92.7 Å². The zero-order valence-electron chi connectivity index (χ0n) is 39.8. The summed E-state index contributed by atoms with van der Waals surface area (Å²) in [6.45, 7) is 2.59. The zero-order chi connectivity index (χ0) is 46.8. The second-order valence-corrected chi connectivity index (χ2v) is 18.4. The lowest BCUT2D eigenvalue weighted by molar-refractivity contribution is -0.332. The Hall–Kier alpha value is -1.50. The van der Waals surface area contributed by atoms with Crippen molar-refractivity contribution >= 4 is 11.9 Å². The lowest BCUT2D eigenvalue weighted by Crippen LogP contribution is -2.61. The first kappa shape index (κ1) is 58.6. The summed E-state index contributed by atoms with van der Waals surface area (Å²) >= 11 is 0. The van der Waals surface area contributed by atoms with Crippen LogP contribution in [-0.2, 0) is 38.0 Å². The molecular weight excluding hydrogens is 829 g/mol. The van der Waals surface area contributed by atoms with E-state index in [2.05, 4.69) is 13.8 Å². The van der Waals surface area contributed by atoms with Crippen molar-refractivity contribution in [1.29, 1.82) is 0 Å². The molecular formula is C49H92O15. The second-order valence-electron chi connectivity index (χ2n) is 18.4. The molecule has 11 atom stereocenters. The highest BCUT2D eigenvalue weighted by Gasteiger charge is 2.47. The maximum atomic E-state index is 13.0. The Morgan fingerprint density at radius 3 is 1.22 bits per heavy atom. The van der Waals surface area contributed by atoms with Crippen LogP contribution in [0.25, 0.3) is 0 Å². The average molecular weight is 921 g/mol. The maximum Gasteiger partial charge on any atom is 0.306 e. The number of carbonyl (C=O) groups is 2. The highest BCUT2D eigenvalue weighted by Crippen LogP contribution is 2.26. The molecule has 0 saturated carbocycles. The number of ether oxygens (including phenoxy) is 6. The van der Waals surface area contributed by atoms with Crippen molar-refractivity contribution in [2.75, 3.05) is 26.4 Å². The quantitative estimate of drug-likeness (QED) is 0.0247. The summed E-state index contributed by atoms with van der Waals surface area (Å²) in [5.41, 5.74) is 0. The number of esters is 2. The molecule has 0 amide bonds. The standard InChI is InChI=1S/C49H92O15/c1-3-5-7-9-11-13-14-15-16-17-18-19-20-21-22-24-26-28-30-32-41(52)62-37(34-59-40(51)31-29-27-25-23-12-10-8-6-4-2)35-60-48-47(58)45(56)43(54)39(64-48)36-61-49-46(57)44(55)42(53)38(33-50)63-49/h37-39,42-50,53-58H,3-36H2,1-2H3/t37-,38+,39+,42-,43-,44?,45?,46?,47?,48+,49+/m1/s1. The van der Waals surface area contributed by atoms with Gasteiger partial charge in [-0.2, -0.15) is 0 Å². The highest BCUT2D eigenvalue weighted by molar-refractivity contribution is 5.70. The Bertz CT molecular complexity index is 1130. The van der Waals surface area contributed by atoms with Crippen molar-refractivity contribution in [1.82, 2.24) is 0 Å². The Balaban J connectivity index is 1.77. The van der Waals surface area contributed by atoms with Gasteiger partial charge in [-0.3, -0.25) is 9.59 Å². The van der Waals surface area contributed by atoms with Gasteiger partial charge in [0.1, 0.15) is 55.4 Å². The molecule has 64 heavy (non-hydrogen) atoms. The van der Waals surface area contributed by atoms with Gasteiger partial charge in [0.2, 0.25) is 0 Å². The van der Waals surface area contributed by atoms with Gasteiger partial charge >= 0.3 is 11.9 Å². The first-order valence-electron chi connectivity index (χ1n) is 25.6. The lowest BCUT2D eigenvalue weighted by atomic mass is 9.98. The predicted molar refractivity (Wildman–Crippen MR) is 243 cm³/mol. The molecule has 2 fully saturated rings. The zero-order valence-corrected chi connectivity index (χ0v) is 39.8. The third kappa shape index (κ3) is 25.6. The fourth-order valence-electron chi connectivity index (χ4n) is 8.34. The van der Waals surface area contributed by atoms with Gasteiger partial charge in [-0.1, -0.05) is 181 Å². The van der Waals surface area contributed by atoms with Crippen molar-refractivity contribution in [3.63, 3.8) is 0 Å². The topological polar surface area (TPSA) is 231 Å². The molecule has 0 bridgehead atoms. The van der Waals surface area contributed by atoms with Crippen LogP contribution in [0.15, 0.2) is 0 Å². The molecule has 0 aromatic rings. The van der Waals surface area contributed by atoms with Gasteiger partial charge in [-0.25, -0.2) is 0 Å². The van der Waals surface area contributed by atoms with Crippen LogP contribution in [0, 0.1) is 0 Å². The first-order valence-corrected chi connectivity index (χ1v) is 25.6. The second kappa shape index (κ2) is 37.5. The summed E-state index contributed by atoms with van der Waals surface area (Å²) in [6.07, 6.45) is 17.2. The Kier molecular flexibility index (Phi) is 34.3. The van der Waals surface area contributed by atoms with Gasteiger partial charge in [0.15, 0.2) is 18.7 Å². The largest absolute Gasteiger partial charge is 0.462 e. The maximum absolute atomic E-state index is 13.0. The van der Waals surface area contributed by atoms with Gasteiger partial charge in [-0.15, -0.1) is 0 Å². The summed E-state index contributed by atoms with van der Waals surface area (Å²) in [5.74, 6) is -0.914. The van der Waals surface area contributed by atoms with Crippen LogP contribution >= 0.6 is 0 Å². The molecule has 0 spiro atoms. The van der Waals surface area contributed by atoms with E-state index in [-0.39, 0.29) is 26.1 Å². The number of hydrogen-bond donors (Lipinski definition) is 7. The molecule has 0 aliphatic carbocycles. The van der Waals surface area contributed by atoms with E-state index in [4.69, 9.17) is 28.4 Å². The fraction of sp³-hybridized carbons (Fsp3) is 0.959. The number of hydrogen-bond acceptors (Lipinski definition) is 15. The monoisotopic (exact) mass is 921 g/mol. The van der Waals surface area contributed by atoms with E-state index in [1.807, 2.05) is 0 Å². The van der Waals surface area contributed by atoms with E-state index in [0.29, 0.717) is 12.8 Å². The molecule has 2 aliphatic heterocycles. The van der Waals surface area contributed by atoms with Crippen molar-refractivity contribution in [2.24, 2.45) is 0 Å². The van der Waals surface area contributed by atoms with E-state index in [0.717, 1.165) is 38.5 Å². The minimum atomic E-state index is -1.76. The molecule has 2 rings (SSSR count). The highest BCUT2D eigenvalue weighted by atomic mass is 16.7. The van der Waals surface area contributed by atoms with Gasteiger partial charge in [-0.05, 0) is 12.8 Å². The molecule has 7 N–H and O–H groups in total. The van der Waals surface area contributed by atoms with E-state index in [9.17, 15) is 45.3 Å². The van der Waals surface area contributed by atoms with Gasteiger partial charge in [0, 0.05) is 12.8 Å². The number of unbranched alkanes of at least 4 members (excludes halogenated alkanes) is 26. The summed E-state index contributed by atoms with van der Waals surface area (Å²) in [7, 11) is 0. The molecule has 0 radical (unpaired) electrons. The molecule has 2 heterocycles. The Labute approximate surface area is 385 Å². The van der Waals surface area contributed by atoms with Crippen LogP contribution < -0.4 is 0 Å². The van der Waals surface area contributed by atoms with Crippen molar-refractivity contribution in [2.45, 2.75) is 274 Å². The average Bonchev–Trinajstić information content (AvgIpc) is 3.29. The minimum absolute atomic E-state index is 0.173. The van der Waals surface area contributed by atoms with Crippen LogP contribution in [-0.4, -0.2) is 142 Å². The molecule has 0 aromatic carbocycles. The number of aliphatic hydroxyl groups is 7. The summed E-state index contributed by atoms with van der Waals surface area (Å²) < 4.78 is 33.5. The van der Waals surface area contributed by atoms with E-state index >= 15 is 0 Å². The van der Waals surface area contributed by atoms with Crippen LogP contribution in [0.3, 0.4) is 0 Å². The summed E-state index contributed by atoms with van der Waals surface area (Å²) in [5, 5.41) is 72.0. The summed E-state index contributed by atoms with van der Waals surface area (Å²) in [4.78, 5) is 25.6. The fourth-order valence-corrected chi connectivity index (χ4v) is 8.34. The minimum Gasteiger partial charge on any atom is -0.462 e. The Morgan fingerprint density at radius 1 is 0.438 bits per heavy atom. The summed E-state index contributed by atoms with van der Waals surface area (Å²) in [6, 6.07) is 0. The lowest BCUT2D eigenvalue weighted by Gasteiger charge is -2.42. The number of carbonyl (C=O) groups excluding carboxylic acids is 2. The van der Waals surface area contributed by atoms with Crippen LogP contribution in [0.2, 0.25) is 0 Å². The molecule has 378 valence electrons. The smallest absolute Gasteiger partial charge is 0.306 e. The number of rotatable bonds is 40. The Morgan fingerprint density at radius 2 is 0.797 bits per heavy atom. The third-order valence-electron chi connectivity index (χ3n) is 12.6. The molecule has 0 aromatic heterocycles. The molecule has 4 unspecified atom stereocenters. The molecule has 15 heteroatoms. The van der Waals surface area contributed by atoms with Crippen LogP contribution in [0.4, 0.5) is 0 Å². The third-order valence-corrected chi connectivity index (χ3v) is 12.6. The van der Waals surface area contributed by atoms with E-state index in [1.54, 1.807) is 0 Å². The SMILES string of the molecule is CCCCCCCCCCCCCCCCCCCCCC(=O)O[C@H](COC(=O)CCCCCCCCCCC)CO[C@H]1O[C@@H](CO[C@H]2O[C@@H](CO)[C@@H](O)C(O)C2O)[C@@H](O)C(O)C1O. The van der Waals surface area contributed by atoms with Gasteiger partial charge in [0.25, 0.3) is 0 Å².